The number of rotatable bonds is 19. The predicted octanol–water partition coefficient (Wildman–Crippen LogP) is 5.61. The first-order valence-corrected chi connectivity index (χ1v) is 13.9. The molecule has 0 amide bonds. The molecule has 4 N–H and O–H groups in total. The van der Waals surface area contributed by atoms with E-state index in [2.05, 4.69) is 31.2 Å². The van der Waals surface area contributed by atoms with Crippen molar-refractivity contribution < 1.29 is 29.1 Å². The Kier molecular flexibility index (Phi) is 26.8. The lowest BCUT2D eigenvalue weighted by Crippen LogP contribution is -2.18. The van der Waals surface area contributed by atoms with Crippen molar-refractivity contribution in [2.45, 2.75) is 90.1 Å². The number of allylic oxidation sites excluding steroid dienone is 4. The van der Waals surface area contributed by atoms with Crippen molar-refractivity contribution in [3.63, 3.8) is 0 Å². The zero-order valence-corrected chi connectivity index (χ0v) is 20.7. The largest absolute Gasteiger partial charge is 0.466 e. The number of methoxy groups -OCH3 is 1. The van der Waals surface area contributed by atoms with Gasteiger partial charge in [-0.2, -0.15) is 11.8 Å². The van der Waals surface area contributed by atoms with Gasteiger partial charge in [0.25, 0.3) is 0 Å². The normalized spacial score (nSPS) is 13.0. The Balaban J connectivity index is 0. The van der Waals surface area contributed by atoms with Crippen LogP contribution in [0.4, 0.5) is 0 Å². The summed E-state index contributed by atoms with van der Waals surface area (Å²) in [4.78, 5) is 21.6. The number of aliphatic hydroxyl groups is 1. The predicted molar refractivity (Wildman–Crippen MR) is 129 cm³/mol. The van der Waals surface area contributed by atoms with Crippen LogP contribution in [0.15, 0.2) is 24.3 Å². The summed E-state index contributed by atoms with van der Waals surface area (Å²) in [5.41, 5.74) is 0. The van der Waals surface area contributed by atoms with Crippen molar-refractivity contribution in [3.8, 4) is 0 Å². The summed E-state index contributed by atoms with van der Waals surface area (Å²) in [5.74, 6) is 2.10. The second-order valence-electron chi connectivity index (χ2n) is 7.21. The van der Waals surface area contributed by atoms with Gasteiger partial charge in [0, 0.05) is 12.9 Å². The van der Waals surface area contributed by atoms with Gasteiger partial charge in [0.05, 0.1) is 12.7 Å². The number of phosphoric acid groups is 1. The monoisotopic (exact) mass is 468 g/mol. The third-order valence-electron chi connectivity index (χ3n) is 4.33. The highest BCUT2D eigenvalue weighted by molar-refractivity contribution is 7.99. The Hall–Kier alpha value is -0.140. The zero-order chi connectivity index (χ0) is 22.9. The SMILES string of the molecule is CCCCC/C=C/C/C=C/CCCCCCCCSCC(CO)OC.O=P(O)(O)O. The summed E-state index contributed by atoms with van der Waals surface area (Å²) >= 11 is 1.90. The molecule has 0 saturated carbocycles. The molecule has 0 aromatic carbocycles. The van der Waals surface area contributed by atoms with Gasteiger partial charge in [-0.15, -0.1) is 0 Å². The number of aliphatic hydroxyl groups excluding tert-OH is 1. The molecule has 1 atom stereocenters. The highest BCUT2D eigenvalue weighted by Gasteiger charge is 2.04. The molecule has 0 aliphatic rings. The summed E-state index contributed by atoms with van der Waals surface area (Å²) in [6.07, 6.45) is 24.9. The van der Waals surface area contributed by atoms with Gasteiger partial charge in [-0.3, -0.25) is 0 Å². The number of thioether (sulfide) groups is 1. The summed E-state index contributed by atoms with van der Waals surface area (Å²) < 4.78 is 14.0. The summed E-state index contributed by atoms with van der Waals surface area (Å²) in [6.45, 7) is 2.39. The molecule has 1 unspecified atom stereocenters. The molecule has 30 heavy (non-hydrogen) atoms. The lowest BCUT2D eigenvalue weighted by atomic mass is 10.1. The molecule has 0 spiro atoms. The zero-order valence-electron chi connectivity index (χ0n) is 19.0. The van der Waals surface area contributed by atoms with Crippen LogP contribution in [0, 0.1) is 0 Å². The van der Waals surface area contributed by atoms with Crippen LogP contribution in [0.5, 0.6) is 0 Å². The molecular formula is C22H45O6PS. The molecule has 0 rings (SSSR count). The quantitative estimate of drug-likeness (QED) is 0.111. The Labute approximate surface area is 188 Å². The van der Waals surface area contributed by atoms with E-state index in [4.69, 9.17) is 29.1 Å². The molecule has 180 valence electrons. The van der Waals surface area contributed by atoms with Gasteiger partial charge in [-0.25, -0.2) is 4.57 Å². The van der Waals surface area contributed by atoms with Crippen molar-refractivity contribution >= 4 is 19.6 Å². The Morgan fingerprint density at radius 1 is 0.867 bits per heavy atom. The molecule has 8 heteroatoms. The molecule has 0 saturated heterocycles. The fourth-order valence-electron chi connectivity index (χ4n) is 2.60. The number of unbranched alkanes of at least 4 members (excludes halogenated alkanes) is 9. The standard InChI is InChI=1S/C22H42O2S.H3O4P/c1-3-4-5-6-7-8-9-10-11-12-13-14-15-16-17-18-19-25-21-22(20-23)24-2;1-5(2,3)4/h7-8,10-11,22-23H,3-6,9,12-21H2,1-2H3;(H3,1,2,3,4)/b8-7+,11-10+;. The molecule has 0 aliphatic heterocycles. The first-order valence-electron chi connectivity index (χ1n) is 11.1. The molecule has 6 nitrogen and oxygen atoms in total. The van der Waals surface area contributed by atoms with Gasteiger partial charge >= 0.3 is 7.82 Å². The van der Waals surface area contributed by atoms with Crippen molar-refractivity contribution in [2.75, 3.05) is 25.2 Å². The smallest absolute Gasteiger partial charge is 0.394 e. The van der Waals surface area contributed by atoms with E-state index in [0.717, 1.165) is 12.2 Å². The number of ether oxygens (including phenoxy) is 1. The van der Waals surface area contributed by atoms with E-state index in [9.17, 15) is 0 Å². The van der Waals surface area contributed by atoms with Gasteiger partial charge in [0.2, 0.25) is 0 Å². The van der Waals surface area contributed by atoms with Crippen molar-refractivity contribution in [1.29, 1.82) is 0 Å². The second kappa shape index (κ2) is 25.1. The number of hydrogen-bond donors (Lipinski definition) is 4. The van der Waals surface area contributed by atoms with E-state index in [1.165, 1.54) is 76.4 Å². The lowest BCUT2D eigenvalue weighted by Gasteiger charge is -2.11. The van der Waals surface area contributed by atoms with Crippen molar-refractivity contribution in [2.24, 2.45) is 0 Å². The van der Waals surface area contributed by atoms with Crippen LogP contribution < -0.4 is 0 Å². The summed E-state index contributed by atoms with van der Waals surface area (Å²) in [5, 5.41) is 9.02. The topological polar surface area (TPSA) is 107 Å². The first-order chi connectivity index (χ1) is 14.3. The third kappa shape index (κ3) is 35.3. The molecule has 0 radical (unpaired) electrons. The minimum absolute atomic E-state index is 0.00889. The van der Waals surface area contributed by atoms with E-state index in [1.54, 1.807) is 7.11 Å². The van der Waals surface area contributed by atoms with Gasteiger partial charge < -0.3 is 24.5 Å². The molecule has 0 heterocycles. The maximum absolute atomic E-state index is 9.02. The van der Waals surface area contributed by atoms with Crippen molar-refractivity contribution in [3.05, 3.63) is 24.3 Å². The van der Waals surface area contributed by atoms with Crippen LogP contribution in [-0.2, 0) is 9.30 Å². The average molecular weight is 469 g/mol. The van der Waals surface area contributed by atoms with Crippen LogP contribution in [0.25, 0.3) is 0 Å². The minimum atomic E-state index is -4.64. The molecule has 0 fully saturated rings. The highest BCUT2D eigenvalue weighted by atomic mass is 32.2. The minimum Gasteiger partial charge on any atom is -0.394 e. The lowest BCUT2D eigenvalue weighted by molar-refractivity contribution is 0.0656. The highest BCUT2D eigenvalue weighted by Crippen LogP contribution is 2.25. The summed E-state index contributed by atoms with van der Waals surface area (Å²) in [7, 11) is -2.97. The molecule has 0 aromatic heterocycles. The van der Waals surface area contributed by atoms with E-state index in [-0.39, 0.29) is 12.7 Å². The van der Waals surface area contributed by atoms with E-state index >= 15 is 0 Å². The van der Waals surface area contributed by atoms with Crippen LogP contribution in [-0.4, -0.2) is 51.1 Å². The van der Waals surface area contributed by atoms with Crippen LogP contribution in [0.1, 0.15) is 84.0 Å². The van der Waals surface area contributed by atoms with Gasteiger partial charge in [-0.05, 0) is 44.3 Å². The van der Waals surface area contributed by atoms with E-state index in [1.807, 2.05) is 11.8 Å². The van der Waals surface area contributed by atoms with E-state index in [0.29, 0.717) is 0 Å². The fourth-order valence-corrected chi connectivity index (χ4v) is 3.68. The summed E-state index contributed by atoms with van der Waals surface area (Å²) in [6, 6.07) is 0. The maximum Gasteiger partial charge on any atom is 0.466 e. The van der Waals surface area contributed by atoms with Crippen molar-refractivity contribution in [1.82, 2.24) is 0 Å². The molecule has 0 bridgehead atoms. The Morgan fingerprint density at radius 3 is 1.87 bits per heavy atom. The molecule has 0 aliphatic carbocycles. The van der Waals surface area contributed by atoms with Crippen LogP contribution in [0.3, 0.4) is 0 Å². The van der Waals surface area contributed by atoms with Crippen LogP contribution >= 0.6 is 19.6 Å². The first kappa shape index (κ1) is 32.0. The fraction of sp³-hybridized carbons (Fsp3) is 0.818. The Morgan fingerprint density at radius 2 is 1.37 bits per heavy atom. The van der Waals surface area contributed by atoms with Gasteiger partial charge in [-0.1, -0.05) is 69.8 Å². The number of hydrogen-bond acceptors (Lipinski definition) is 4. The van der Waals surface area contributed by atoms with Gasteiger partial charge in [0.1, 0.15) is 0 Å². The van der Waals surface area contributed by atoms with Gasteiger partial charge in [0.15, 0.2) is 0 Å². The van der Waals surface area contributed by atoms with Crippen LogP contribution in [0.2, 0.25) is 0 Å². The third-order valence-corrected chi connectivity index (χ3v) is 5.51. The average Bonchev–Trinajstić information content (AvgIpc) is 2.68. The maximum atomic E-state index is 9.02. The van der Waals surface area contributed by atoms with E-state index < -0.39 is 7.82 Å². The Bertz CT molecular complexity index is 427. The molecular weight excluding hydrogens is 423 g/mol. The second-order valence-corrected chi connectivity index (χ2v) is 9.39. The molecule has 0 aromatic rings.